The molecule has 3 rings (SSSR count). The predicted octanol–water partition coefficient (Wildman–Crippen LogP) is 4.20. The van der Waals surface area contributed by atoms with Crippen LogP contribution in [0.2, 0.25) is 0 Å². The summed E-state index contributed by atoms with van der Waals surface area (Å²) in [7, 11) is 0. The topological polar surface area (TPSA) is 40.7 Å². The second kappa shape index (κ2) is 4.90. The van der Waals surface area contributed by atoms with Crippen LogP contribution >= 0.6 is 11.3 Å². The molecule has 4 heteroatoms. The van der Waals surface area contributed by atoms with E-state index in [1.165, 1.54) is 10.3 Å². The normalized spacial score (nSPS) is 10.8. The van der Waals surface area contributed by atoms with Crippen LogP contribution in [0.25, 0.3) is 22.2 Å². The fraction of sp³-hybridized carbons (Fsp3) is 0.133. The first-order valence-corrected chi connectivity index (χ1v) is 7.00. The van der Waals surface area contributed by atoms with Crippen LogP contribution in [-0.2, 0) is 0 Å². The highest BCUT2D eigenvalue weighted by atomic mass is 32.1. The minimum Gasteiger partial charge on any atom is -0.360 e. The van der Waals surface area contributed by atoms with Crippen molar-refractivity contribution >= 4 is 27.4 Å². The number of nitrogens with zero attached hydrogens (tertiary/aromatic N) is 1. The number of rotatable bonds is 4. The van der Waals surface area contributed by atoms with E-state index >= 15 is 0 Å². The van der Waals surface area contributed by atoms with Crippen LogP contribution in [0.1, 0.15) is 4.88 Å². The van der Waals surface area contributed by atoms with Gasteiger partial charge in [0.25, 0.3) is 0 Å². The molecule has 0 bridgehead atoms. The first kappa shape index (κ1) is 12.0. The van der Waals surface area contributed by atoms with Gasteiger partial charge in [-0.25, -0.2) is 4.98 Å². The second-order valence-electron chi connectivity index (χ2n) is 4.34. The number of fused-ring (bicyclic) bond motifs is 1. The van der Waals surface area contributed by atoms with Crippen LogP contribution in [0, 0.1) is 6.92 Å². The van der Waals surface area contributed by atoms with Gasteiger partial charge >= 0.3 is 0 Å². The summed E-state index contributed by atoms with van der Waals surface area (Å²) in [6.45, 7) is 6.55. The van der Waals surface area contributed by atoms with E-state index in [4.69, 9.17) is 0 Å². The predicted molar refractivity (Wildman–Crippen MR) is 82.8 cm³/mol. The molecular weight excluding hydrogens is 254 g/mol. The maximum atomic E-state index is 4.68. The maximum Gasteiger partial charge on any atom is 0.183 e. The number of hydrogen-bond acceptors (Lipinski definition) is 3. The zero-order valence-corrected chi connectivity index (χ0v) is 11.6. The molecule has 3 aromatic rings. The summed E-state index contributed by atoms with van der Waals surface area (Å²) in [5, 5.41) is 5.40. The van der Waals surface area contributed by atoms with Gasteiger partial charge in [0.2, 0.25) is 0 Å². The molecule has 96 valence electrons. The molecule has 0 atom stereocenters. The highest BCUT2D eigenvalue weighted by Gasteiger charge is 2.13. The van der Waals surface area contributed by atoms with E-state index in [-0.39, 0.29) is 0 Å². The molecule has 0 radical (unpaired) electrons. The van der Waals surface area contributed by atoms with Crippen LogP contribution < -0.4 is 5.32 Å². The van der Waals surface area contributed by atoms with E-state index in [1.807, 2.05) is 18.3 Å². The van der Waals surface area contributed by atoms with Crippen molar-refractivity contribution in [1.82, 2.24) is 9.97 Å². The van der Waals surface area contributed by atoms with Crippen LogP contribution in [-0.4, -0.2) is 16.5 Å². The lowest BCUT2D eigenvalue weighted by molar-refractivity contribution is 1.28. The molecule has 0 unspecified atom stereocenters. The first-order chi connectivity index (χ1) is 9.29. The molecule has 2 aromatic heterocycles. The van der Waals surface area contributed by atoms with E-state index < -0.39 is 0 Å². The van der Waals surface area contributed by atoms with E-state index in [0.717, 1.165) is 28.5 Å². The Bertz CT molecular complexity index is 724. The van der Waals surface area contributed by atoms with Gasteiger partial charge in [0.15, 0.2) is 5.13 Å². The molecular formula is C15H15N3S. The largest absolute Gasteiger partial charge is 0.360 e. The third-order valence-corrected chi connectivity index (χ3v) is 3.97. The van der Waals surface area contributed by atoms with Gasteiger partial charge < -0.3 is 10.3 Å². The number of thiazole rings is 1. The van der Waals surface area contributed by atoms with Gasteiger partial charge in [-0.15, -0.1) is 17.9 Å². The van der Waals surface area contributed by atoms with Crippen LogP contribution in [0.15, 0.2) is 43.1 Å². The van der Waals surface area contributed by atoms with Gasteiger partial charge in [-0.3, -0.25) is 0 Å². The molecule has 0 aliphatic rings. The number of anilines is 1. The Morgan fingerprint density at radius 1 is 1.42 bits per heavy atom. The summed E-state index contributed by atoms with van der Waals surface area (Å²) >= 11 is 1.68. The SMILES string of the molecule is C=CCNc1nc(-c2c[nH]c3ccccc23)c(C)s1. The molecule has 0 aliphatic carbocycles. The molecule has 0 amide bonds. The lowest BCUT2D eigenvalue weighted by Gasteiger charge is -1.96. The lowest BCUT2D eigenvalue weighted by atomic mass is 10.1. The highest BCUT2D eigenvalue weighted by Crippen LogP contribution is 2.34. The van der Waals surface area contributed by atoms with Gasteiger partial charge in [-0.1, -0.05) is 24.3 Å². The van der Waals surface area contributed by atoms with Crippen LogP contribution in [0.5, 0.6) is 0 Å². The van der Waals surface area contributed by atoms with Crippen molar-refractivity contribution in [1.29, 1.82) is 0 Å². The molecule has 1 aromatic carbocycles. The number of hydrogen-bond donors (Lipinski definition) is 2. The maximum absolute atomic E-state index is 4.68. The Kier molecular flexibility index (Phi) is 3.09. The third kappa shape index (κ3) is 2.15. The van der Waals surface area contributed by atoms with Crippen molar-refractivity contribution in [2.45, 2.75) is 6.92 Å². The Hall–Kier alpha value is -2.07. The first-order valence-electron chi connectivity index (χ1n) is 6.18. The number of para-hydroxylation sites is 1. The van der Waals surface area contributed by atoms with Gasteiger partial charge in [-0.2, -0.15) is 0 Å². The van der Waals surface area contributed by atoms with Crippen molar-refractivity contribution in [2.24, 2.45) is 0 Å². The number of aromatic nitrogens is 2. The van der Waals surface area contributed by atoms with Crippen molar-refractivity contribution < 1.29 is 0 Å². The quantitative estimate of drug-likeness (QED) is 0.697. The Morgan fingerprint density at radius 2 is 2.26 bits per heavy atom. The summed E-state index contributed by atoms with van der Waals surface area (Å²) in [4.78, 5) is 9.19. The monoisotopic (exact) mass is 269 g/mol. The molecule has 0 saturated carbocycles. The smallest absolute Gasteiger partial charge is 0.183 e. The zero-order valence-electron chi connectivity index (χ0n) is 10.7. The highest BCUT2D eigenvalue weighted by molar-refractivity contribution is 7.16. The van der Waals surface area contributed by atoms with Gasteiger partial charge in [-0.05, 0) is 13.0 Å². The number of H-pyrrole nitrogens is 1. The average molecular weight is 269 g/mol. The van der Waals surface area contributed by atoms with Crippen molar-refractivity contribution in [3.05, 3.63) is 48.0 Å². The van der Waals surface area contributed by atoms with E-state index in [2.05, 4.69) is 47.0 Å². The molecule has 19 heavy (non-hydrogen) atoms. The molecule has 0 spiro atoms. The number of nitrogens with one attached hydrogen (secondary N) is 2. The van der Waals surface area contributed by atoms with E-state index in [0.29, 0.717) is 0 Å². The van der Waals surface area contributed by atoms with Gasteiger partial charge in [0, 0.05) is 34.1 Å². The van der Waals surface area contributed by atoms with Crippen LogP contribution in [0.4, 0.5) is 5.13 Å². The fourth-order valence-electron chi connectivity index (χ4n) is 2.15. The average Bonchev–Trinajstić information content (AvgIpc) is 2.99. The minimum atomic E-state index is 0.736. The molecule has 3 nitrogen and oxygen atoms in total. The van der Waals surface area contributed by atoms with E-state index in [9.17, 15) is 0 Å². The van der Waals surface area contributed by atoms with Gasteiger partial charge in [0.05, 0.1) is 5.69 Å². The molecule has 0 saturated heterocycles. The minimum absolute atomic E-state index is 0.736. The van der Waals surface area contributed by atoms with E-state index in [1.54, 1.807) is 11.3 Å². The van der Waals surface area contributed by atoms with Gasteiger partial charge in [0.1, 0.15) is 0 Å². The standard InChI is InChI=1S/C15H15N3S/c1-3-8-16-15-18-14(10(2)19-15)12-9-17-13-7-5-4-6-11(12)13/h3-7,9,17H,1,8H2,2H3,(H,16,18). The Labute approximate surface area is 116 Å². The Morgan fingerprint density at radius 3 is 3.11 bits per heavy atom. The second-order valence-corrected chi connectivity index (χ2v) is 5.54. The summed E-state index contributed by atoms with van der Waals surface area (Å²) in [6, 6.07) is 8.29. The summed E-state index contributed by atoms with van der Waals surface area (Å²) in [6.07, 6.45) is 3.87. The zero-order chi connectivity index (χ0) is 13.2. The van der Waals surface area contributed by atoms with Crippen LogP contribution in [0.3, 0.4) is 0 Å². The molecule has 2 N–H and O–H groups in total. The Balaban J connectivity index is 2.06. The fourth-order valence-corrected chi connectivity index (χ4v) is 2.98. The van der Waals surface area contributed by atoms with Crippen molar-refractivity contribution in [3.63, 3.8) is 0 Å². The third-order valence-electron chi connectivity index (χ3n) is 3.04. The molecule has 0 fully saturated rings. The number of aryl methyl sites for hydroxylation is 1. The van der Waals surface area contributed by atoms with Crippen molar-refractivity contribution in [3.8, 4) is 11.3 Å². The van der Waals surface area contributed by atoms with Crippen molar-refractivity contribution in [2.75, 3.05) is 11.9 Å². The number of benzene rings is 1. The summed E-state index contributed by atoms with van der Waals surface area (Å²) in [5.74, 6) is 0. The summed E-state index contributed by atoms with van der Waals surface area (Å²) in [5.41, 5.74) is 3.36. The number of aromatic amines is 1. The summed E-state index contributed by atoms with van der Waals surface area (Å²) < 4.78 is 0. The molecule has 0 aliphatic heterocycles. The lowest BCUT2D eigenvalue weighted by Crippen LogP contribution is -1.96. The molecule has 2 heterocycles.